The van der Waals surface area contributed by atoms with E-state index in [1.54, 1.807) is 18.5 Å². The first kappa shape index (κ1) is 20.6. The highest BCUT2D eigenvalue weighted by Crippen LogP contribution is 2.52. The molecule has 1 saturated carbocycles. The normalized spacial score (nSPS) is 23.2. The molecule has 1 aromatic carbocycles. The van der Waals surface area contributed by atoms with Crippen LogP contribution in [-0.4, -0.2) is 32.3 Å². The van der Waals surface area contributed by atoms with Crippen LogP contribution in [0.25, 0.3) is 0 Å². The van der Waals surface area contributed by atoms with Crippen LogP contribution in [0.15, 0.2) is 36.7 Å². The van der Waals surface area contributed by atoms with Crippen LogP contribution in [0.5, 0.6) is 5.75 Å². The van der Waals surface area contributed by atoms with Crippen molar-refractivity contribution in [2.24, 2.45) is 13.0 Å². The summed E-state index contributed by atoms with van der Waals surface area (Å²) < 4.78 is 22.2. The number of aryl methyl sites for hydroxylation is 1. The number of rotatable bonds is 4. The smallest absolute Gasteiger partial charge is 0.274 e. The zero-order chi connectivity index (χ0) is 22.7. The molecule has 8 heteroatoms. The van der Waals surface area contributed by atoms with E-state index in [0.29, 0.717) is 24.0 Å². The average Bonchev–Trinajstić information content (AvgIpc) is 3.27. The lowest BCUT2D eigenvalue weighted by Crippen LogP contribution is -2.43. The number of amides is 1. The van der Waals surface area contributed by atoms with Gasteiger partial charge in [-0.05, 0) is 54.7 Å². The maximum absolute atomic E-state index is 14.7. The number of aromatic nitrogens is 4. The third kappa shape index (κ3) is 3.25. The van der Waals surface area contributed by atoms with Crippen molar-refractivity contribution in [1.82, 2.24) is 19.7 Å². The molecule has 1 aliphatic carbocycles. The molecule has 3 heterocycles. The zero-order valence-electron chi connectivity index (χ0n) is 18.6. The highest BCUT2D eigenvalue weighted by Gasteiger charge is 2.48. The maximum Gasteiger partial charge on any atom is 0.274 e. The second-order valence-electron chi connectivity index (χ2n) is 9.76. The van der Waals surface area contributed by atoms with Crippen molar-refractivity contribution >= 4 is 11.6 Å². The van der Waals surface area contributed by atoms with E-state index in [-0.39, 0.29) is 17.0 Å². The Bertz CT molecular complexity index is 1210. The molecule has 166 valence electrons. The SMILES string of the molecule is CC1CC(c2cc(F)cc(NC(=O)c3ccc4c(n3)C(C)(C)CO4)c2)(c2nncn2C)C1. The van der Waals surface area contributed by atoms with Crippen LogP contribution in [0.2, 0.25) is 0 Å². The molecule has 0 spiro atoms. The number of ether oxygens (including phenoxy) is 1. The van der Waals surface area contributed by atoms with Crippen molar-refractivity contribution < 1.29 is 13.9 Å². The highest BCUT2D eigenvalue weighted by molar-refractivity contribution is 6.03. The van der Waals surface area contributed by atoms with E-state index in [4.69, 9.17) is 4.74 Å². The van der Waals surface area contributed by atoms with Crippen LogP contribution in [-0.2, 0) is 17.9 Å². The minimum absolute atomic E-state index is 0.263. The van der Waals surface area contributed by atoms with Gasteiger partial charge in [0, 0.05) is 18.2 Å². The summed E-state index contributed by atoms with van der Waals surface area (Å²) in [6.45, 7) is 6.74. The monoisotopic (exact) mass is 435 g/mol. The molecule has 1 fully saturated rings. The number of halogens is 1. The Hall–Kier alpha value is -3.29. The van der Waals surface area contributed by atoms with E-state index in [9.17, 15) is 9.18 Å². The van der Waals surface area contributed by atoms with Gasteiger partial charge in [0.05, 0.1) is 17.7 Å². The van der Waals surface area contributed by atoms with Gasteiger partial charge >= 0.3 is 0 Å². The van der Waals surface area contributed by atoms with Crippen LogP contribution in [0, 0.1) is 11.7 Å². The number of fused-ring (bicyclic) bond motifs is 1. The van der Waals surface area contributed by atoms with Crippen molar-refractivity contribution in [2.75, 3.05) is 11.9 Å². The van der Waals surface area contributed by atoms with Gasteiger partial charge < -0.3 is 14.6 Å². The number of hydrogen-bond acceptors (Lipinski definition) is 5. The first-order chi connectivity index (χ1) is 15.2. The Morgan fingerprint density at radius 1 is 1.25 bits per heavy atom. The average molecular weight is 436 g/mol. The van der Waals surface area contributed by atoms with Crippen molar-refractivity contribution in [3.63, 3.8) is 0 Å². The molecule has 0 unspecified atom stereocenters. The fraction of sp³-hybridized carbons (Fsp3) is 0.417. The summed E-state index contributed by atoms with van der Waals surface area (Å²) in [5.41, 5.74) is 1.53. The zero-order valence-corrected chi connectivity index (χ0v) is 18.6. The van der Waals surface area contributed by atoms with E-state index < -0.39 is 11.2 Å². The molecular formula is C24H26FN5O2. The quantitative estimate of drug-likeness (QED) is 0.670. The highest BCUT2D eigenvalue weighted by atomic mass is 19.1. The van der Waals surface area contributed by atoms with Gasteiger partial charge in [0.2, 0.25) is 0 Å². The molecule has 7 nitrogen and oxygen atoms in total. The van der Waals surface area contributed by atoms with Crippen LogP contribution >= 0.6 is 0 Å². The summed E-state index contributed by atoms with van der Waals surface area (Å²) in [5.74, 6) is 1.21. The standard InChI is InChI=1S/C24H26FN5O2/c1-14-10-24(11-14,22-29-26-13-30(22)4)15-7-16(25)9-17(8-15)27-21(31)18-5-6-19-20(28-18)23(2,3)12-32-19/h5-9,13-14H,10-12H2,1-4H3,(H,27,31). The molecule has 1 amide bonds. The Balaban J connectivity index is 1.46. The van der Waals surface area contributed by atoms with Gasteiger partial charge in [-0.15, -0.1) is 10.2 Å². The molecule has 0 saturated heterocycles. The fourth-order valence-electron chi connectivity index (χ4n) is 5.03. The van der Waals surface area contributed by atoms with Gasteiger partial charge in [-0.1, -0.05) is 20.8 Å². The van der Waals surface area contributed by atoms with Crippen molar-refractivity contribution in [3.8, 4) is 5.75 Å². The van der Waals surface area contributed by atoms with E-state index >= 15 is 0 Å². The van der Waals surface area contributed by atoms with Crippen LogP contribution in [0.3, 0.4) is 0 Å². The first-order valence-corrected chi connectivity index (χ1v) is 10.8. The van der Waals surface area contributed by atoms with Gasteiger partial charge in [0.15, 0.2) is 0 Å². The first-order valence-electron chi connectivity index (χ1n) is 10.8. The Morgan fingerprint density at radius 3 is 2.72 bits per heavy atom. The minimum Gasteiger partial charge on any atom is -0.491 e. The summed E-state index contributed by atoms with van der Waals surface area (Å²) in [4.78, 5) is 17.5. The molecule has 3 aromatic rings. The van der Waals surface area contributed by atoms with E-state index in [2.05, 4.69) is 27.4 Å². The Morgan fingerprint density at radius 2 is 2.03 bits per heavy atom. The molecular weight excluding hydrogens is 409 g/mol. The molecule has 2 aliphatic rings. The van der Waals surface area contributed by atoms with E-state index in [0.717, 1.165) is 29.9 Å². The number of nitrogens with one attached hydrogen (secondary N) is 1. The third-order valence-electron chi connectivity index (χ3n) is 6.56. The third-order valence-corrected chi connectivity index (χ3v) is 6.56. The van der Waals surface area contributed by atoms with Crippen LogP contribution in [0.1, 0.15) is 61.2 Å². The number of benzene rings is 1. The summed E-state index contributed by atoms with van der Waals surface area (Å²) in [5, 5.41) is 11.2. The van der Waals surface area contributed by atoms with Crippen molar-refractivity contribution in [3.05, 3.63) is 65.3 Å². The van der Waals surface area contributed by atoms with Crippen LogP contribution in [0.4, 0.5) is 10.1 Å². The van der Waals surface area contributed by atoms with Gasteiger partial charge in [-0.2, -0.15) is 0 Å². The number of carbonyl (C=O) groups is 1. The molecule has 0 radical (unpaired) electrons. The Labute approximate surface area is 186 Å². The summed E-state index contributed by atoms with van der Waals surface area (Å²) in [7, 11) is 1.90. The van der Waals surface area contributed by atoms with Gasteiger partial charge in [-0.3, -0.25) is 4.79 Å². The summed E-state index contributed by atoms with van der Waals surface area (Å²) >= 11 is 0. The maximum atomic E-state index is 14.7. The lowest BCUT2D eigenvalue weighted by atomic mass is 9.58. The molecule has 1 N–H and O–H groups in total. The van der Waals surface area contributed by atoms with Crippen molar-refractivity contribution in [2.45, 2.75) is 44.4 Å². The predicted molar refractivity (Wildman–Crippen MR) is 117 cm³/mol. The molecule has 32 heavy (non-hydrogen) atoms. The van der Waals surface area contributed by atoms with Gasteiger partial charge in [0.25, 0.3) is 5.91 Å². The molecule has 2 aromatic heterocycles. The van der Waals surface area contributed by atoms with E-state index in [1.807, 2.05) is 31.5 Å². The topological polar surface area (TPSA) is 81.9 Å². The number of nitrogens with zero attached hydrogens (tertiary/aromatic N) is 4. The second-order valence-corrected chi connectivity index (χ2v) is 9.76. The summed E-state index contributed by atoms with van der Waals surface area (Å²) in [6.07, 6.45) is 3.35. The molecule has 0 bridgehead atoms. The molecule has 0 atom stereocenters. The number of carbonyl (C=O) groups excluding carboxylic acids is 1. The van der Waals surface area contributed by atoms with Crippen molar-refractivity contribution in [1.29, 1.82) is 0 Å². The number of hydrogen-bond donors (Lipinski definition) is 1. The Kier molecular flexibility index (Phi) is 4.58. The largest absolute Gasteiger partial charge is 0.491 e. The predicted octanol–water partition coefficient (Wildman–Crippen LogP) is 3.99. The van der Waals surface area contributed by atoms with Gasteiger partial charge in [0.1, 0.15) is 29.4 Å². The van der Waals surface area contributed by atoms with Gasteiger partial charge in [-0.25, -0.2) is 9.37 Å². The number of pyridine rings is 1. The summed E-state index contributed by atoms with van der Waals surface area (Å²) in [6, 6.07) is 8.09. The second kappa shape index (κ2) is 7.12. The van der Waals surface area contributed by atoms with E-state index in [1.165, 1.54) is 12.1 Å². The van der Waals surface area contributed by atoms with Crippen LogP contribution < -0.4 is 10.1 Å². The lowest BCUT2D eigenvalue weighted by molar-refractivity contribution is 0.102. The number of anilines is 1. The molecule has 5 rings (SSSR count). The fourth-order valence-corrected chi connectivity index (χ4v) is 5.03. The molecule has 1 aliphatic heterocycles. The minimum atomic E-state index is -0.417. The lowest BCUT2D eigenvalue weighted by Gasteiger charge is -2.46.